The molecule has 3 saturated carbocycles. The van der Waals surface area contributed by atoms with Crippen molar-refractivity contribution in [3.05, 3.63) is 11.6 Å². The highest BCUT2D eigenvalue weighted by molar-refractivity contribution is 5.91. The first-order chi connectivity index (χ1) is 9.92. The average Bonchev–Trinajstić information content (AvgIpc) is 2.69. The Bertz CT molecular complexity index is 504. The summed E-state index contributed by atoms with van der Waals surface area (Å²) in [5, 5.41) is 10.9. The SMILES string of the molecule is C[C@]1(O)CC[C@@H]2[C@@H]3CCC4=CC(=O)CC[C@@H]4[C@H]3CC[C@]21C. The van der Waals surface area contributed by atoms with Gasteiger partial charge in [0.25, 0.3) is 0 Å². The molecule has 0 aromatic rings. The van der Waals surface area contributed by atoms with Gasteiger partial charge in [-0.05, 0) is 87.0 Å². The molecule has 4 aliphatic carbocycles. The van der Waals surface area contributed by atoms with Gasteiger partial charge in [-0.25, -0.2) is 0 Å². The standard InChI is InChI=1S/C19H28O2/c1-18-9-7-15-14-6-4-13(20)11-12(14)3-5-16(15)17(18)8-10-19(18,2)21/h11,14-17,21H,3-10H2,1-2H3/t14-,15+,16+,17+,18+,19-/m0/s1. The molecule has 3 fully saturated rings. The van der Waals surface area contributed by atoms with Crippen molar-refractivity contribution in [1.82, 2.24) is 0 Å². The van der Waals surface area contributed by atoms with Crippen molar-refractivity contribution in [2.75, 3.05) is 0 Å². The smallest absolute Gasteiger partial charge is 0.155 e. The van der Waals surface area contributed by atoms with E-state index in [1.54, 1.807) is 0 Å². The maximum atomic E-state index is 11.7. The number of rotatable bonds is 0. The van der Waals surface area contributed by atoms with Gasteiger partial charge in [0.05, 0.1) is 5.60 Å². The van der Waals surface area contributed by atoms with Crippen molar-refractivity contribution in [2.24, 2.45) is 29.1 Å². The summed E-state index contributed by atoms with van der Waals surface area (Å²) in [6, 6.07) is 0. The number of allylic oxidation sites excluding steroid dienone is 1. The van der Waals surface area contributed by atoms with Crippen molar-refractivity contribution in [3.63, 3.8) is 0 Å². The molecule has 0 heterocycles. The van der Waals surface area contributed by atoms with E-state index in [4.69, 9.17) is 0 Å². The lowest BCUT2D eigenvalue weighted by atomic mass is 9.51. The highest BCUT2D eigenvalue weighted by Crippen LogP contribution is 2.64. The zero-order valence-corrected chi connectivity index (χ0v) is 13.4. The van der Waals surface area contributed by atoms with E-state index in [2.05, 4.69) is 13.8 Å². The molecule has 21 heavy (non-hydrogen) atoms. The maximum Gasteiger partial charge on any atom is 0.155 e. The highest BCUT2D eigenvalue weighted by Gasteiger charge is 2.60. The predicted molar refractivity (Wildman–Crippen MR) is 82.7 cm³/mol. The zero-order chi connectivity index (χ0) is 14.8. The fourth-order valence-corrected chi connectivity index (χ4v) is 6.42. The molecule has 4 aliphatic rings. The Kier molecular flexibility index (Phi) is 2.96. The van der Waals surface area contributed by atoms with Crippen LogP contribution in [0.2, 0.25) is 0 Å². The van der Waals surface area contributed by atoms with Crippen molar-refractivity contribution >= 4 is 5.78 Å². The van der Waals surface area contributed by atoms with E-state index < -0.39 is 5.60 Å². The molecule has 0 aromatic heterocycles. The maximum absolute atomic E-state index is 11.7. The third kappa shape index (κ3) is 1.84. The molecule has 1 N–H and O–H groups in total. The van der Waals surface area contributed by atoms with Gasteiger partial charge in [-0.1, -0.05) is 12.5 Å². The summed E-state index contributed by atoms with van der Waals surface area (Å²) >= 11 is 0. The number of ketones is 1. The molecule has 2 nitrogen and oxygen atoms in total. The van der Waals surface area contributed by atoms with E-state index in [1.807, 2.05) is 6.08 Å². The van der Waals surface area contributed by atoms with Crippen LogP contribution in [-0.4, -0.2) is 16.5 Å². The monoisotopic (exact) mass is 288 g/mol. The number of hydrogen-bond donors (Lipinski definition) is 1. The van der Waals surface area contributed by atoms with Gasteiger partial charge < -0.3 is 5.11 Å². The lowest BCUT2D eigenvalue weighted by molar-refractivity contribution is -0.117. The van der Waals surface area contributed by atoms with Crippen LogP contribution in [0.3, 0.4) is 0 Å². The van der Waals surface area contributed by atoms with Crippen molar-refractivity contribution < 1.29 is 9.90 Å². The molecular formula is C19H28O2. The summed E-state index contributed by atoms with van der Waals surface area (Å²) in [5.41, 5.74) is 1.11. The predicted octanol–water partition coefficient (Wildman–Crippen LogP) is 3.88. The van der Waals surface area contributed by atoms with E-state index in [9.17, 15) is 9.90 Å². The van der Waals surface area contributed by atoms with Gasteiger partial charge in [-0.3, -0.25) is 4.79 Å². The lowest BCUT2D eigenvalue weighted by Crippen LogP contribution is -2.51. The second-order valence-corrected chi connectivity index (χ2v) is 8.57. The molecule has 4 rings (SSSR count). The van der Waals surface area contributed by atoms with Crippen LogP contribution in [0.5, 0.6) is 0 Å². The highest BCUT2D eigenvalue weighted by atomic mass is 16.3. The summed E-state index contributed by atoms with van der Waals surface area (Å²) in [6.07, 6.45) is 10.8. The van der Waals surface area contributed by atoms with E-state index >= 15 is 0 Å². The molecule has 0 unspecified atom stereocenters. The second kappa shape index (κ2) is 4.44. The first-order valence-electron chi connectivity index (χ1n) is 8.88. The summed E-state index contributed by atoms with van der Waals surface area (Å²) < 4.78 is 0. The third-order valence-corrected chi connectivity index (χ3v) is 7.86. The Morgan fingerprint density at radius 1 is 1.05 bits per heavy atom. The van der Waals surface area contributed by atoms with Crippen LogP contribution in [0.4, 0.5) is 0 Å². The first kappa shape index (κ1) is 14.0. The van der Waals surface area contributed by atoms with Gasteiger partial charge in [-0.2, -0.15) is 0 Å². The van der Waals surface area contributed by atoms with Crippen LogP contribution < -0.4 is 0 Å². The summed E-state index contributed by atoms with van der Waals surface area (Å²) in [6.45, 7) is 4.41. The Morgan fingerprint density at radius 3 is 2.67 bits per heavy atom. The largest absolute Gasteiger partial charge is 0.390 e. The molecule has 0 amide bonds. The summed E-state index contributed by atoms with van der Waals surface area (Å²) in [7, 11) is 0. The van der Waals surface area contributed by atoms with Gasteiger partial charge in [-0.15, -0.1) is 0 Å². The number of carbonyl (C=O) groups is 1. The lowest BCUT2D eigenvalue weighted by Gasteiger charge is -2.55. The Morgan fingerprint density at radius 2 is 1.86 bits per heavy atom. The van der Waals surface area contributed by atoms with Crippen LogP contribution in [0.25, 0.3) is 0 Å². The van der Waals surface area contributed by atoms with Gasteiger partial charge >= 0.3 is 0 Å². The Labute approximate surface area is 128 Å². The Hall–Kier alpha value is -0.630. The number of hydrogen-bond acceptors (Lipinski definition) is 2. The van der Waals surface area contributed by atoms with Gasteiger partial charge in [0, 0.05) is 6.42 Å². The minimum atomic E-state index is -0.471. The minimum Gasteiger partial charge on any atom is -0.390 e. The van der Waals surface area contributed by atoms with Gasteiger partial charge in [0.1, 0.15) is 0 Å². The first-order valence-corrected chi connectivity index (χ1v) is 8.88. The van der Waals surface area contributed by atoms with E-state index in [-0.39, 0.29) is 5.41 Å². The number of aliphatic hydroxyl groups is 1. The van der Waals surface area contributed by atoms with Crippen LogP contribution in [0, 0.1) is 29.1 Å². The second-order valence-electron chi connectivity index (χ2n) is 8.57. The van der Waals surface area contributed by atoms with E-state index in [0.29, 0.717) is 17.6 Å². The third-order valence-electron chi connectivity index (χ3n) is 7.86. The number of fused-ring (bicyclic) bond motifs is 5. The molecule has 0 aliphatic heterocycles. The van der Waals surface area contributed by atoms with Crippen LogP contribution in [0.15, 0.2) is 11.6 Å². The Balaban J connectivity index is 1.64. The van der Waals surface area contributed by atoms with Crippen LogP contribution >= 0.6 is 0 Å². The summed E-state index contributed by atoms with van der Waals surface area (Å²) in [4.78, 5) is 11.7. The molecule has 2 heteroatoms. The topological polar surface area (TPSA) is 37.3 Å². The number of carbonyl (C=O) groups excluding carboxylic acids is 1. The van der Waals surface area contributed by atoms with Gasteiger partial charge in [0.15, 0.2) is 5.78 Å². The van der Waals surface area contributed by atoms with E-state index in [1.165, 1.54) is 31.3 Å². The van der Waals surface area contributed by atoms with E-state index in [0.717, 1.165) is 37.5 Å². The molecule has 0 spiro atoms. The molecule has 0 bridgehead atoms. The normalized spacial score (nSPS) is 52.7. The summed E-state index contributed by atoms with van der Waals surface area (Å²) in [5.74, 6) is 3.30. The van der Waals surface area contributed by atoms with Gasteiger partial charge in [0.2, 0.25) is 0 Å². The van der Waals surface area contributed by atoms with Crippen LogP contribution in [0.1, 0.15) is 65.2 Å². The van der Waals surface area contributed by atoms with Crippen LogP contribution in [-0.2, 0) is 4.79 Å². The molecule has 6 atom stereocenters. The molecule has 0 aromatic carbocycles. The van der Waals surface area contributed by atoms with Crippen molar-refractivity contribution in [3.8, 4) is 0 Å². The fourth-order valence-electron chi connectivity index (χ4n) is 6.42. The minimum absolute atomic E-state index is 0.125. The van der Waals surface area contributed by atoms with Crippen molar-refractivity contribution in [1.29, 1.82) is 0 Å². The molecule has 0 radical (unpaired) electrons. The molecular weight excluding hydrogens is 260 g/mol. The van der Waals surface area contributed by atoms with Crippen molar-refractivity contribution in [2.45, 2.75) is 70.8 Å². The average molecular weight is 288 g/mol. The quantitative estimate of drug-likeness (QED) is 0.734. The molecule has 0 saturated heterocycles. The molecule has 116 valence electrons. The zero-order valence-electron chi connectivity index (χ0n) is 13.4. The fraction of sp³-hybridized carbons (Fsp3) is 0.842.